The summed E-state index contributed by atoms with van der Waals surface area (Å²) in [5.74, 6) is -0.349. The van der Waals surface area contributed by atoms with Gasteiger partial charge < -0.3 is 10.6 Å². The van der Waals surface area contributed by atoms with Crippen molar-refractivity contribution >= 4 is 28.4 Å². The van der Waals surface area contributed by atoms with Crippen molar-refractivity contribution in [3.05, 3.63) is 36.5 Å². The van der Waals surface area contributed by atoms with Crippen LogP contribution in [-0.2, 0) is 9.59 Å². The van der Waals surface area contributed by atoms with Gasteiger partial charge in [-0.2, -0.15) is 0 Å². The number of hydrogen-bond acceptors (Lipinski definition) is 4. The second-order valence-corrected chi connectivity index (χ2v) is 6.77. The zero-order valence-corrected chi connectivity index (χ0v) is 15.2. The van der Waals surface area contributed by atoms with Crippen molar-refractivity contribution in [1.82, 2.24) is 15.2 Å². The van der Waals surface area contributed by atoms with E-state index in [0.717, 1.165) is 36.8 Å². The SMILES string of the molecule is CC(C(=O)NCC(=O)Nc1cccc2cccnc12)N1CCCCCC1. The van der Waals surface area contributed by atoms with Crippen LogP contribution in [-0.4, -0.2) is 47.4 Å². The summed E-state index contributed by atoms with van der Waals surface area (Å²) in [7, 11) is 0. The standard InChI is InChI=1S/C20H26N4O2/c1-15(24-12-4-2-3-5-13-24)20(26)22-14-18(25)23-17-10-6-8-16-9-7-11-21-19(16)17/h6-11,15H,2-5,12-14H2,1H3,(H,22,26)(H,23,25). The number of carbonyl (C=O) groups excluding carboxylic acids is 2. The number of para-hydroxylation sites is 1. The Balaban J connectivity index is 1.54. The number of amides is 2. The third-order valence-electron chi connectivity index (χ3n) is 4.90. The van der Waals surface area contributed by atoms with Crippen LogP contribution in [0, 0.1) is 0 Å². The second-order valence-electron chi connectivity index (χ2n) is 6.77. The first-order chi connectivity index (χ1) is 12.6. The van der Waals surface area contributed by atoms with E-state index in [2.05, 4.69) is 20.5 Å². The molecule has 2 aromatic rings. The van der Waals surface area contributed by atoms with Gasteiger partial charge in [-0.15, -0.1) is 0 Å². The number of fused-ring (bicyclic) bond motifs is 1. The van der Waals surface area contributed by atoms with Crippen LogP contribution in [0.15, 0.2) is 36.5 Å². The monoisotopic (exact) mass is 354 g/mol. The Kier molecular flexibility index (Phi) is 6.17. The average molecular weight is 354 g/mol. The summed E-state index contributed by atoms with van der Waals surface area (Å²) in [5, 5.41) is 6.56. The van der Waals surface area contributed by atoms with Gasteiger partial charge in [-0.25, -0.2) is 0 Å². The van der Waals surface area contributed by atoms with E-state index in [-0.39, 0.29) is 24.4 Å². The first-order valence-corrected chi connectivity index (χ1v) is 9.30. The Morgan fingerprint density at radius 2 is 1.85 bits per heavy atom. The molecule has 3 rings (SSSR count). The molecule has 1 aliphatic rings. The molecule has 1 fully saturated rings. The van der Waals surface area contributed by atoms with Crippen molar-refractivity contribution in [3.63, 3.8) is 0 Å². The molecule has 1 atom stereocenters. The van der Waals surface area contributed by atoms with E-state index in [1.54, 1.807) is 6.20 Å². The average Bonchev–Trinajstić information content (AvgIpc) is 2.95. The summed E-state index contributed by atoms with van der Waals surface area (Å²) in [6.07, 6.45) is 6.42. The summed E-state index contributed by atoms with van der Waals surface area (Å²) in [6.45, 7) is 3.76. The van der Waals surface area contributed by atoms with Crippen LogP contribution in [0.2, 0.25) is 0 Å². The largest absolute Gasteiger partial charge is 0.346 e. The van der Waals surface area contributed by atoms with Crippen LogP contribution < -0.4 is 10.6 Å². The number of rotatable bonds is 5. The minimum Gasteiger partial charge on any atom is -0.346 e. The molecule has 6 heteroatoms. The number of pyridine rings is 1. The van der Waals surface area contributed by atoms with E-state index in [9.17, 15) is 9.59 Å². The van der Waals surface area contributed by atoms with E-state index in [0.29, 0.717) is 5.69 Å². The summed E-state index contributed by atoms with van der Waals surface area (Å²) in [6, 6.07) is 9.23. The molecule has 0 aliphatic carbocycles. The van der Waals surface area contributed by atoms with Crippen molar-refractivity contribution in [2.24, 2.45) is 0 Å². The van der Waals surface area contributed by atoms with Crippen molar-refractivity contribution in [2.45, 2.75) is 38.6 Å². The third-order valence-corrected chi connectivity index (χ3v) is 4.90. The molecule has 0 bridgehead atoms. The lowest BCUT2D eigenvalue weighted by Crippen LogP contribution is -2.47. The molecular formula is C20H26N4O2. The molecular weight excluding hydrogens is 328 g/mol. The molecule has 1 saturated heterocycles. The van der Waals surface area contributed by atoms with Crippen LogP contribution in [0.4, 0.5) is 5.69 Å². The summed E-state index contributed by atoms with van der Waals surface area (Å²) in [5.41, 5.74) is 1.40. The number of benzene rings is 1. The second kappa shape index (κ2) is 8.76. The van der Waals surface area contributed by atoms with Gasteiger partial charge in [0.1, 0.15) is 0 Å². The van der Waals surface area contributed by atoms with Gasteiger partial charge >= 0.3 is 0 Å². The minimum absolute atomic E-state index is 0.0414. The smallest absolute Gasteiger partial charge is 0.243 e. The molecule has 1 unspecified atom stereocenters. The highest BCUT2D eigenvalue weighted by molar-refractivity contribution is 6.01. The number of hydrogen-bond donors (Lipinski definition) is 2. The molecule has 1 aliphatic heterocycles. The van der Waals surface area contributed by atoms with Crippen LogP contribution in [0.5, 0.6) is 0 Å². The predicted octanol–water partition coefficient (Wildman–Crippen LogP) is 2.55. The molecule has 6 nitrogen and oxygen atoms in total. The highest BCUT2D eigenvalue weighted by Crippen LogP contribution is 2.20. The van der Waals surface area contributed by atoms with E-state index in [1.165, 1.54) is 12.8 Å². The van der Waals surface area contributed by atoms with Gasteiger partial charge in [0, 0.05) is 11.6 Å². The molecule has 0 radical (unpaired) electrons. The molecule has 2 N–H and O–H groups in total. The Bertz CT molecular complexity index is 764. The normalized spacial score (nSPS) is 16.7. The molecule has 1 aromatic heterocycles. The first kappa shape index (κ1) is 18.3. The maximum atomic E-state index is 12.4. The third kappa shape index (κ3) is 4.58. The maximum absolute atomic E-state index is 12.4. The predicted molar refractivity (Wildman–Crippen MR) is 103 cm³/mol. The van der Waals surface area contributed by atoms with Crippen molar-refractivity contribution in [3.8, 4) is 0 Å². The Morgan fingerprint density at radius 3 is 2.62 bits per heavy atom. The number of nitrogens with one attached hydrogen (secondary N) is 2. The molecule has 2 heterocycles. The quantitative estimate of drug-likeness (QED) is 0.865. The lowest BCUT2D eigenvalue weighted by atomic mass is 10.2. The molecule has 0 spiro atoms. The lowest BCUT2D eigenvalue weighted by molar-refractivity contribution is -0.128. The molecule has 138 valence electrons. The minimum atomic E-state index is -0.250. The fourth-order valence-electron chi connectivity index (χ4n) is 3.36. The number of nitrogens with zero attached hydrogens (tertiary/aromatic N) is 2. The van der Waals surface area contributed by atoms with E-state index >= 15 is 0 Å². The van der Waals surface area contributed by atoms with Gasteiger partial charge in [-0.1, -0.05) is 31.0 Å². The Labute approximate surface area is 154 Å². The van der Waals surface area contributed by atoms with Gasteiger partial charge in [0.2, 0.25) is 11.8 Å². The molecule has 2 amide bonds. The first-order valence-electron chi connectivity index (χ1n) is 9.30. The van der Waals surface area contributed by atoms with Gasteiger partial charge in [0.05, 0.1) is 23.8 Å². The fourth-order valence-corrected chi connectivity index (χ4v) is 3.36. The van der Waals surface area contributed by atoms with Crippen molar-refractivity contribution in [2.75, 3.05) is 25.0 Å². The van der Waals surface area contributed by atoms with Crippen LogP contribution >= 0.6 is 0 Å². The van der Waals surface area contributed by atoms with E-state index in [1.807, 2.05) is 37.3 Å². The highest BCUT2D eigenvalue weighted by Gasteiger charge is 2.22. The summed E-state index contributed by atoms with van der Waals surface area (Å²) < 4.78 is 0. The van der Waals surface area contributed by atoms with Gasteiger partial charge in [0.15, 0.2) is 0 Å². The molecule has 26 heavy (non-hydrogen) atoms. The van der Waals surface area contributed by atoms with Crippen molar-refractivity contribution < 1.29 is 9.59 Å². The highest BCUT2D eigenvalue weighted by atomic mass is 16.2. The van der Waals surface area contributed by atoms with Gasteiger partial charge in [0.25, 0.3) is 0 Å². The number of likely N-dealkylation sites (tertiary alicyclic amines) is 1. The van der Waals surface area contributed by atoms with Gasteiger partial charge in [-0.3, -0.25) is 19.5 Å². The zero-order valence-electron chi connectivity index (χ0n) is 15.2. The van der Waals surface area contributed by atoms with Gasteiger partial charge in [-0.05, 0) is 45.0 Å². The van der Waals surface area contributed by atoms with Crippen molar-refractivity contribution in [1.29, 1.82) is 0 Å². The van der Waals surface area contributed by atoms with Crippen LogP contribution in [0.3, 0.4) is 0 Å². The Morgan fingerprint density at radius 1 is 1.12 bits per heavy atom. The van der Waals surface area contributed by atoms with E-state index in [4.69, 9.17) is 0 Å². The van der Waals surface area contributed by atoms with E-state index < -0.39 is 0 Å². The number of anilines is 1. The lowest BCUT2D eigenvalue weighted by Gasteiger charge is -2.26. The molecule has 1 aromatic carbocycles. The molecule has 0 saturated carbocycles. The number of aromatic nitrogens is 1. The summed E-state index contributed by atoms with van der Waals surface area (Å²) >= 11 is 0. The zero-order chi connectivity index (χ0) is 18.4. The summed E-state index contributed by atoms with van der Waals surface area (Å²) in [4.78, 5) is 31.1. The van der Waals surface area contributed by atoms with Crippen LogP contribution in [0.1, 0.15) is 32.6 Å². The Hall–Kier alpha value is -2.47. The van der Waals surface area contributed by atoms with Crippen LogP contribution in [0.25, 0.3) is 10.9 Å². The topological polar surface area (TPSA) is 74.3 Å². The fraction of sp³-hybridized carbons (Fsp3) is 0.450. The maximum Gasteiger partial charge on any atom is 0.243 e. The number of carbonyl (C=O) groups is 2.